The third-order valence-corrected chi connectivity index (χ3v) is 17.5. The molecule has 11 atom stereocenters. The molecule has 6 aliphatic rings. The van der Waals surface area contributed by atoms with E-state index in [2.05, 4.69) is 70.6 Å². The van der Waals surface area contributed by atoms with Gasteiger partial charge in [-0.15, -0.1) is 0 Å². The Hall–Kier alpha value is -3.50. The number of carboxylic acids is 3. The van der Waals surface area contributed by atoms with E-state index in [1.165, 1.54) is 41.5 Å². The van der Waals surface area contributed by atoms with Crippen LogP contribution in [0.2, 0.25) is 0 Å². The largest absolute Gasteiger partial charge is 0.481 e. The number of hydrogen-bond donors (Lipinski definition) is 5. The number of β-amino-alcohol motifs (C(OH)–C–C–N with tert-alkyl or cyclic N) is 1. The molecule has 4 fully saturated rings. The standard InChI is InChI=1S/C46H64N2O8/c1-27(2)29-14-21-46(48-25-33(49)39(52)53)23-22-43(6)32(36(29)46)10-11-35-42(5)17-15-31(41(3,4)34(42)16-18-44(35,43)7)28-12-19-45(20-13-28,40(54)55)26-56-37-30(38(50)51)9-8-24-47-37/h8-9,12,15,24,29,32-36,48-49H,1,10-11,13-14,16-23,25-26H2,2-7H3,(H,50,51)(H,52,53)(H,54,55)/t29-,32+,33?,34-,35+,36+,42-,43+,44+,45-,46-/m0/s1. The van der Waals surface area contributed by atoms with Crippen LogP contribution in [0, 0.1) is 56.7 Å². The molecule has 0 aromatic carbocycles. The van der Waals surface area contributed by atoms with E-state index in [-0.39, 0.29) is 51.8 Å². The number of rotatable bonds is 11. The second-order valence-corrected chi connectivity index (χ2v) is 20.1. The minimum atomic E-state index is -1.41. The van der Waals surface area contributed by atoms with Gasteiger partial charge in [0.2, 0.25) is 5.88 Å². The summed E-state index contributed by atoms with van der Waals surface area (Å²) in [5.41, 5.74) is 2.63. The zero-order chi connectivity index (χ0) is 40.6. The van der Waals surface area contributed by atoms with Crippen LogP contribution < -0.4 is 10.1 Å². The molecular weight excluding hydrogens is 709 g/mol. The number of allylic oxidation sites excluding steroid dienone is 5. The number of aliphatic carboxylic acids is 2. The summed E-state index contributed by atoms with van der Waals surface area (Å²) in [4.78, 5) is 40.2. The summed E-state index contributed by atoms with van der Waals surface area (Å²) in [6.45, 7) is 19.2. The number of aliphatic hydroxyl groups excluding tert-OH is 1. The Kier molecular flexibility index (Phi) is 10.2. The number of nitrogens with one attached hydrogen (secondary N) is 1. The molecule has 1 aromatic heterocycles. The van der Waals surface area contributed by atoms with Crippen molar-refractivity contribution in [2.75, 3.05) is 13.2 Å². The van der Waals surface area contributed by atoms with Crippen molar-refractivity contribution in [3.8, 4) is 5.88 Å². The molecular formula is C46H64N2O8. The topological polar surface area (TPSA) is 166 Å². The van der Waals surface area contributed by atoms with Gasteiger partial charge in [0.25, 0.3) is 0 Å². The maximum Gasteiger partial charge on any atom is 0.341 e. The Balaban J connectivity index is 1.13. The van der Waals surface area contributed by atoms with Gasteiger partial charge in [-0.3, -0.25) is 4.79 Å². The number of pyridine rings is 1. The normalized spacial score (nSPS) is 40.4. The number of aromatic carboxylic acids is 1. The van der Waals surface area contributed by atoms with Gasteiger partial charge in [0, 0.05) is 18.3 Å². The second-order valence-electron chi connectivity index (χ2n) is 20.1. The molecule has 7 rings (SSSR count). The third-order valence-electron chi connectivity index (χ3n) is 17.5. The lowest BCUT2D eigenvalue weighted by molar-refractivity contribution is -0.221. The summed E-state index contributed by atoms with van der Waals surface area (Å²) in [5.74, 6) is -1.10. The lowest BCUT2D eigenvalue weighted by atomic mass is 9.33. The van der Waals surface area contributed by atoms with Crippen LogP contribution in [0.25, 0.3) is 0 Å². The molecule has 4 saturated carbocycles. The van der Waals surface area contributed by atoms with Crippen LogP contribution in [0.4, 0.5) is 0 Å². The van der Waals surface area contributed by atoms with Gasteiger partial charge in [0.05, 0.1) is 0 Å². The fourth-order valence-electron chi connectivity index (χ4n) is 14.4. The average molecular weight is 773 g/mol. The smallest absolute Gasteiger partial charge is 0.341 e. The maximum absolute atomic E-state index is 12.8. The molecule has 1 aromatic rings. The van der Waals surface area contributed by atoms with Crippen molar-refractivity contribution in [3.05, 3.63) is 59.3 Å². The van der Waals surface area contributed by atoms with Crippen molar-refractivity contribution in [1.82, 2.24) is 10.3 Å². The number of carboxylic acid groups (broad SMARTS) is 3. The monoisotopic (exact) mass is 772 g/mol. The zero-order valence-electron chi connectivity index (χ0n) is 34.3. The highest BCUT2D eigenvalue weighted by Gasteiger charge is 2.70. The molecule has 0 bridgehead atoms. The Morgan fingerprint density at radius 3 is 2.32 bits per heavy atom. The number of carbonyl (C=O) groups is 3. The van der Waals surface area contributed by atoms with E-state index in [9.17, 15) is 34.8 Å². The fraction of sp³-hybridized carbons (Fsp3) is 0.696. The van der Waals surface area contributed by atoms with E-state index in [4.69, 9.17) is 4.74 Å². The van der Waals surface area contributed by atoms with Crippen molar-refractivity contribution < 1.29 is 39.5 Å². The molecule has 0 amide bonds. The minimum Gasteiger partial charge on any atom is -0.481 e. The van der Waals surface area contributed by atoms with Gasteiger partial charge in [-0.1, -0.05) is 58.9 Å². The first-order chi connectivity index (χ1) is 26.3. The van der Waals surface area contributed by atoms with Gasteiger partial charge in [-0.25, -0.2) is 14.6 Å². The molecule has 10 nitrogen and oxygen atoms in total. The number of hydrogen-bond acceptors (Lipinski definition) is 7. The number of fused-ring (bicyclic) bond motifs is 7. The van der Waals surface area contributed by atoms with E-state index in [0.29, 0.717) is 48.9 Å². The Bertz CT molecular complexity index is 1850. The Labute approximate surface area is 332 Å². The van der Waals surface area contributed by atoms with Gasteiger partial charge >= 0.3 is 17.9 Å². The quantitative estimate of drug-likeness (QED) is 0.138. The number of ether oxygens (including phenoxy) is 1. The maximum atomic E-state index is 12.8. The molecule has 10 heteroatoms. The fourth-order valence-corrected chi connectivity index (χ4v) is 14.4. The molecule has 0 radical (unpaired) electrons. The van der Waals surface area contributed by atoms with E-state index in [1.54, 1.807) is 0 Å². The molecule has 0 aliphatic heterocycles. The summed E-state index contributed by atoms with van der Waals surface area (Å²) in [5, 5.41) is 43.5. The first-order valence-electron chi connectivity index (χ1n) is 21.0. The van der Waals surface area contributed by atoms with Crippen molar-refractivity contribution in [2.24, 2.45) is 56.7 Å². The SMILES string of the molecule is C=C(C)[C@@H]1CC[C@]2(NCC(O)C(=O)O)CC[C@]3(C)[C@H](CC[C@@H]4[C@@]5(C)CC=C(C6=CC[C@](COc7ncccc7C(=O)O)(C(=O)O)CC6)C(C)(C)[C@@H]5CC[C@]43C)[C@@H]12. The molecule has 56 heavy (non-hydrogen) atoms. The predicted octanol–water partition coefficient (Wildman–Crippen LogP) is 8.32. The second kappa shape index (κ2) is 14.1. The van der Waals surface area contributed by atoms with Crippen LogP contribution >= 0.6 is 0 Å². The lowest BCUT2D eigenvalue weighted by Crippen LogP contribution is -2.68. The van der Waals surface area contributed by atoms with Gasteiger partial charge in [0.15, 0.2) is 6.10 Å². The van der Waals surface area contributed by atoms with Crippen molar-refractivity contribution in [3.63, 3.8) is 0 Å². The van der Waals surface area contributed by atoms with Crippen LogP contribution in [0.5, 0.6) is 5.88 Å². The highest BCUT2D eigenvalue weighted by Crippen LogP contribution is 2.76. The number of aliphatic hydroxyl groups is 1. The lowest BCUT2D eigenvalue weighted by Gasteiger charge is -2.72. The van der Waals surface area contributed by atoms with E-state index >= 15 is 0 Å². The number of nitrogens with zero attached hydrogens (tertiary/aromatic N) is 1. The molecule has 1 heterocycles. The van der Waals surface area contributed by atoms with Crippen LogP contribution in [0.1, 0.15) is 129 Å². The third kappa shape index (κ3) is 6.09. The number of aromatic nitrogens is 1. The molecule has 306 valence electrons. The first-order valence-corrected chi connectivity index (χ1v) is 21.0. The van der Waals surface area contributed by atoms with Gasteiger partial charge in [-0.05, 0) is 159 Å². The average Bonchev–Trinajstić information content (AvgIpc) is 3.53. The first kappa shape index (κ1) is 40.7. The Morgan fingerprint density at radius 1 is 0.929 bits per heavy atom. The van der Waals surface area contributed by atoms with Gasteiger partial charge < -0.3 is 30.5 Å². The Morgan fingerprint density at radius 2 is 1.68 bits per heavy atom. The van der Waals surface area contributed by atoms with E-state index in [0.717, 1.165) is 51.4 Å². The van der Waals surface area contributed by atoms with Crippen LogP contribution in [0.15, 0.2) is 53.8 Å². The molecule has 1 unspecified atom stereocenters. The van der Waals surface area contributed by atoms with Crippen LogP contribution in [-0.2, 0) is 9.59 Å². The van der Waals surface area contributed by atoms with Crippen LogP contribution in [0.3, 0.4) is 0 Å². The van der Waals surface area contributed by atoms with Crippen molar-refractivity contribution >= 4 is 17.9 Å². The van der Waals surface area contributed by atoms with E-state index in [1.807, 2.05) is 0 Å². The molecule has 6 aliphatic carbocycles. The van der Waals surface area contributed by atoms with E-state index < -0.39 is 29.4 Å². The molecule has 0 saturated heterocycles. The molecule has 0 spiro atoms. The van der Waals surface area contributed by atoms with Crippen molar-refractivity contribution in [2.45, 2.75) is 130 Å². The summed E-state index contributed by atoms with van der Waals surface area (Å²) in [7, 11) is 0. The summed E-state index contributed by atoms with van der Waals surface area (Å²) >= 11 is 0. The summed E-state index contributed by atoms with van der Waals surface area (Å²) in [6, 6.07) is 2.93. The highest BCUT2D eigenvalue weighted by atomic mass is 16.5. The molecule has 5 N–H and O–H groups in total. The predicted molar refractivity (Wildman–Crippen MR) is 213 cm³/mol. The van der Waals surface area contributed by atoms with Crippen molar-refractivity contribution in [1.29, 1.82) is 0 Å². The summed E-state index contributed by atoms with van der Waals surface area (Å²) < 4.78 is 5.83. The highest BCUT2D eigenvalue weighted by molar-refractivity contribution is 5.90. The zero-order valence-corrected chi connectivity index (χ0v) is 34.3. The van der Waals surface area contributed by atoms with Crippen LogP contribution in [-0.4, -0.2) is 68.1 Å². The minimum absolute atomic E-state index is 0.0586. The van der Waals surface area contributed by atoms with Gasteiger partial charge in [-0.2, -0.15) is 0 Å². The van der Waals surface area contributed by atoms with Gasteiger partial charge in [0.1, 0.15) is 17.6 Å². The summed E-state index contributed by atoms with van der Waals surface area (Å²) in [6.07, 6.45) is 15.7.